The minimum absolute atomic E-state index is 0.0584. The predicted molar refractivity (Wildman–Crippen MR) is 168 cm³/mol. The second-order valence-electron chi connectivity index (χ2n) is 11.5. The molecule has 0 spiro atoms. The highest BCUT2D eigenvalue weighted by atomic mass is 79.9. The van der Waals surface area contributed by atoms with Gasteiger partial charge in [0.15, 0.2) is 0 Å². The molecule has 4 aliphatic rings. The highest BCUT2D eigenvalue weighted by molar-refractivity contribution is 9.10. The van der Waals surface area contributed by atoms with Crippen molar-refractivity contribution in [3.63, 3.8) is 0 Å². The molecule has 0 saturated carbocycles. The molecule has 0 amide bonds. The van der Waals surface area contributed by atoms with Crippen molar-refractivity contribution in [1.82, 2.24) is 39.1 Å². The first-order valence-corrected chi connectivity index (χ1v) is 17.2. The minimum atomic E-state index is 0.0584. The summed E-state index contributed by atoms with van der Waals surface area (Å²) in [4.78, 5) is 0. The number of ether oxygens (including phenoxy) is 4. The van der Waals surface area contributed by atoms with E-state index in [2.05, 4.69) is 47.2 Å². The fraction of sp³-hybridized carbons (Fsp3) is 0.600. The van der Waals surface area contributed by atoms with Crippen molar-refractivity contribution < 1.29 is 18.9 Å². The first kappa shape index (κ1) is 30.3. The molecule has 14 heteroatoms. The van der Waals surface area contributed by atoms with Gasteiger partial charge in [0.1, 0.15) is 33.0 Å². The number of aromatic nitrogens is 8. The third kappa shape index (κ3) is 6.47. The molecule has 2 saturated heterocycles. The monoisotopic (exact) mass is 732 g/mol. The topological polar surface area (TPSA) is 108 Å². The Bertz CT molecular complexity index is 1550. The molecule has 2 atom stereocenters. The molecule has 44 heavy (non-hydrogen) atoms. The smallest absolute Gasteiger partial charge is 0.150 e. The lowest BCUT2D eigenvalue weighted by atomic mass is 10.1. The molecule has 0 aromatic carbocycles. The van der Waals surface area contributed by atoms with Gasteiger partial charge in [-0.05, 0) is 70.4 Å². The molecule has 4 aromatic rings. The molecular formula is C30H38Br2N8O4. The zero-order valence-corrected chi connectivity index (χ0v) is 27.9. The van der Waals surface area contributed by atoms with Crippen LogP contribution in [0.4, 0.5) is 0 Å². The van der Waals surface area contributed by atoms with Crippen molar-refractivity contribution in [1.29, 1.82) is 0 Å². The maximum atomic E-state index is 5.79. The Hall–Kier alpha value is -2.36. The second kappa shape index (κ2) is 14.0. The van der Waals surface area contributed by atoms with Crippen LogP contribution in [0.3, 0.4) is 0 Å². The van der Waals surface area contributed by atoms with E-state index in [0.717, 1.165) is 117 Å². The van der Waals surface area contributed by atoms with Crippen molar-refractivity contribution in [2.24, 2.45) is 0 Å². The molecule has 0 radical (unpaired) electrons. The van der Waals surface area contributed by atoms with Gasteiger partial charge < -0.3 is 18.9 Å². The fourth-order valence-corrected chi connectivity index (χ4v) is 7.51. The second-order valence-corrected chi connectivity index (χ2v) is 13.0. The molecule has 8 rings (SSSR count). The average Bonchev–Trinajstić information content (AvgIpc) is 3.79. The summed E-state index contributed by atoms with van der Waals surface area (Å²) in [6, 6.07) is 0. The highest BCUT2D eigenvalue weighted by Crippen LogP contribution is 2.29. The van der Waals surface area contributed by atoms with Crippen LogP contribution in [0.25, 0.3) is 11.4 Å². The standard InChI is InChI=1S/2C15H19BrN4O2/c16-15-12-4-7-21-8-5-13(12)20(18-15)11-9-17-19(10-11)14-3-1-2-6-22-14;16-15-12-4-7-21-8-5-13(12)18-20(15)11-9-17-19(10-11)14-3-1-2-6-22-14/h2*9-10,14H,1-8H2. The van der Waals surface area contributed by atoms with E-state index in [1.165, 1.54) is 29.7 Å². The number of hydrogen-bond acceptors (Lipinski definition) is 8. The van der Waals surface area contributed by atoms with Crippen LogP contribution < -0.4 is 0 Å². The Morgan fingerprint density at radius 1 is 0.636 bits per heavy atom. The quantitative estimate of drug-likeness (QED) is 0.279. The first-order valence-electron chi connectivity index (χ1n) is 15.7. The summed E-state index contributed by atoms with van der Waals surface area (Å²) in [5.41, 5.74) is 6.78. The van der Waals surface area contributed by atoms with Gasteiger partial charge in [-0.25, -0.2) is 18.7 Å². The van der Waals surface area contributed by atoms with Crippen LogP contribution in [0.15, 0.2) is 34.0 Å². The van der Waals surface area contributed by atoms with Crippen molar-refractivity contribution in [3.8, 4) is 11.4 Å². The third-order valence-electron chi connectivity index (χ3n) is 8.57. The van der Waals surface area contributed by atoms with Crippen molar-refractivity contribution in [3.05, 3.63) is 56.5 Å². The first-order chi connectivity index (χ1) is 21.7. The molecule has 0 N–H and O–H groups in total. The zero-order valence-electron chi connectivity index (χ0n) is 24.7. The van der Waals surface area contributed by atoms with E-state index in [4.69, 9.17) is 24.0 Å². The maximum Gasteiger partial charge on any atom is 0.150 e. The third-order valence-corrected chi connectivity index (χ3v) is 10.0. The lowest BCUT2D eigenvalue weighted by Crippen LogP contribution is -2.18. The fourth-order valence-electron chi connectivity index (χ4n) is 6.21. The minimum Gasteiger partial charge on any atom is -0.381 e. The molecule has 0 bridgehead atoms. The summed E-state index contributed by atoms with van der Waals surface area (Å²) in [7, 11) is 0. The van der Waals surface area contributed by atoms with Crippen molar-refractivity contribution >= 4 is 31.9 Å². The van der Waals surface area contributed by atoms with Crippen LogP contribution in [0.5, 0.6) is 0 Å². The Kier molecular flexibility index (Phi) is 9.61. The number of fused-ring (bicyclic) bond motifs is 2. The van der Waals surface area contributed by atoms with Gasteiger partial charge in [-0.3, -0.25) is 0 Å². The predicted octanol–water partition coefficient (Wildman–Crippen LogP) is 5.29. The normalized spacial score (nSPS) is 22.3. The van der Waals surface area contributed by atoms with Crippen LogP contribution in [-0.2, 0) is 44.6 Å². The molecule has 8 heterocycles. The van der Waals surface area contributed by atoms with Crippen molar-refractivity contribution in [2.75, 3.05) is 39.6 Å². The van der Waals surface area contributed by atoms with E-state index in [9.17, 15) is 0 Å². The van der Waals surface area contributed by atoms with Gasteiger partial charge in [0.05, 0.1) is 62.6 Å². The van der Waals surface area contributed by atoms with Crippen LogP contribution in [-0.4, -0.2) is 78.8 Å². The number of halogens is 2. The van der Waals surface area contributed by atoms with Crippen LogP contribution in [0, 0.1) is 0 Å². The Morgan fingerprint density at radius 2 is 1.23 bits per heavy atom. The zero-order chi connectivity index (χ0) is 29.9. The van der Waals surface area contributed by atoms with Gasteiger partial charge in [-0.1, -0.05) is 0 Å². The average molecular weight is 734 g/mol. The molecule has 12 nitrogen and oxygen atoms in total. The van der Waals surface area contributed by atoms with E-state index >= 15 is 0 Å². The lowest BCUT2D eigenvalue weighted by Gasteiger charge is -2.22. The largest absolute Gasteiger partial charge is 0.381 e. The van der Waals surface area contributed by atoms with E-state index in [1.54, 1.807) is 0 Å². The van der Waals surface area contributed by atoms with Gasteiger partial charge in [-0.15, -0.1) is 0 Å². The van der Waals surface area contributed by atoms with Gasteiger partial charge in [0.2, 0.25) is 0 Å². The highest BCUT2D eigenvalue weighted by Gasteiger charge is 2.23. The summed E-state index contributed by atoms with van der Waals surface area (Å²) in [6.07, 6.45) is 18.1. The van der Waals surface area contributed by atoms with Crippen LogP contribution >= 0.6 is 31.9 Å². The Labute approximate surface area is 273 Å². The molecule has 2 unspecified atom stereocenters. The van der Waals surface area contributed by atoms with Crippen LogP contribution in [0.1, 0.15) is 73.5 Å². The molecule has 236 valence electrons. The van der Waals surface area contributed by atoms with Gasteiger partial charge in [0.25, 0.3) is 0 Å². The van der Waals surface area contributed by atoms with E-state index in [-0.39, 0.29) is 12.5 Å². The van der Waals surface area contributed by atoms with E-state index in [1.807, 2.05) is 43.5 Å². The molecule has 4 aromatic heterocycles. The summed E-state index contributed by atoms with van der Waals surface area (Å²) in [6.45, 7) is 4.63. The molecule has 4 aliphatic heterocycles. The van der Waals surface area contributed by atoms with Gasteiger partial charge in [-0.2, -0.15) is 20.4 Å². The molecule has 2 fully saturated rings. The lowest BCUT2D eigenvalue weighted by molar-refractivity contribution is -0.0395. The molecular weight excluding hydrogens is 696 g/mol. The van der Waals surface area contributed by atoms with E-state index < -0.39 is 0 Å². The van der Waals surface area contributed by atoms with E-state index in [0.29, 0.717) is 0 Å². The summed E-state index contributed by atoms with van der Waals surface area (Å²) in [5.74, 6) is 0. The summed E-state index contributed by atoms with van der Waals surface area (Å²) >= 11 is 7.27. The maximum absolute atomic E-state index is 5.79. The van der Waals surface area contributed by atoms with Gasteiger partial charge >= 0.3 is 0 Å². The van der Waals surface area contributed by atoms with Crippen LogP contribution in [0.2, 0.25) is 0 Å². The van der Waals surface area contributed by atoms with Crippen molar-refractivity contribution in [2.45, 2.75) is 76.7 Å². The SMILES string of the molecule is Brc1c2c(nn1-c1cnn(C3CCCCO3)c1)CCOCC2.Brc1nn(-c2cnn(C3CCCCO3)c2)c2c1CCOCC2. The number of hydrogen-bond donors (Lipinski definition) is 0. The number of nitrogens with zero attached hydrogens (tertiary/aromatic N) is 8. The van der Waals surface area contributed by atoms with Gasteiger partial charge in [0, 0.05) is 50.0 Å². The summed E-state index contributed by atoms with van der Waals surface area (Å²) < 4.78 is 32.3. The molecule has 0 aliphatic carbocycles. The Morgan fingerprint density at radius 3 is 1.86 bits per heavy atom. The summed E-state index contributed by atoms with van der Waals surface area (Å²) in [5, 5.41) is 18.3. The Balaban J connectivity index is 0.000000142. The number of rotatable bonds is 4.